The fourth-order valence-electron chi connectivity index (χ4n) is 1.55. The SMILES string of the molecule is CC(CS(C)(=O)=O)NCCCc1ncc[nH]1. The summed E-state index contributed by atoms with van der Waals surface area (Å²) in [4.78, 5) is 7.14. The van der Waals surface area contributed by atoms with Crippen molar-refractivity contribution in [3.63, 3.8) is 0 Å². The smallest absolute Gasteiger partial charge is 0.148 e. The van der Waals surface area contributed by atoms with Crippen molar-refractivity contribution in [1.82, 2.24) is 15.3 Å². The van der Waals surface area contributed by atoms with Crippen LogP contribution in [0.3, 0.4) is 0 Å². The van der Waals surface area contributed by atoms with Crippen molar-refractivity contribution < 1.29 is 8.42 Å². The van der Waals surface area contributed by atoms with E-state index < -0.39 is 9.84 Å². The van der Waals surface area contributed by atoms with Gasteiger partial charge in [0, 0.05) is 31.1 Å². The molecular weight excluding hydrogens is 226 g/mol. The third kappa shape index (κ3) is 5.87. The number of nitrogens with zero attached hydrogens (tertiary/aromatic N) is 1. The molecule has 1 unspecified atom stereocenters. The molecular formula is C10H19N3O2S. The van der Waals surface area contributed by atoms with Crippen LogP contribution in [0.15, 0.2) is 12.4 Å². The first kappa shape index (κ1) is 13.2. The standard InChI is InChI=1S/C10H19N3O2S/c1-9(8-16(2,14)15)11-5-3-4-10-12-6-7-13-10/h6-7,9,11H,3-5,8H2,1-2H3,(H,12,13). The molecule has 5 nitrogen and oxygen atoms in total. The van der Waals surface area contributed by atoms with Gasteiger partial charge in [0.15, 0.2) is 0 Å². The summed E-state index contributed by atoms with van der Waals surface area (Å²) in [7, 11) is -2.88. The van der Waals surface area contributed by atoms with E-state index in [1.54, 1.807) is 12.4 Å². The first-order valence-electron chi connectivity index (χ1n) is 5.37. The van der Waals surface area contributed by atoms with E-state index in [9.17, 15) is 8.42 Å². The van der Waals surface area contributed by atoms with Gasteiger partial charge in [0.05, 0.1) is 5.75 Å². The van der Waals surface area contributed by atoms with Gasteiger partial charge < -0.3 is 10.3 Å². The van der Waals surface area contributed by atoms with Gasteiger partial charge in [-0.1, -0.05) is 0 Å². The molecule has 1 atom stereocenters. The van der Waals surface area contributed by atoms with E-state index in [0.717, 1.165) is 25.2 Å². The predicted octanol–water partition coefficient (Wildman–Crippen LogP) is 0.365. The highest BCUT2D eigenvalue weighted by Gasteiger charge is 2.09. The second kappa shape index (κ2) is 6.00. The molecule has 0 aliphatic rings. The Hall–Kier alpha value is -0.880. The minimum Gasteiger partial charge on any atom is -0.349 e. The zero-order chi connectivity index (χ0) is 12.0. The molecule has 0 aromatic carbocycles. The maximum absolute atomic E-state index is 11.0. The number of aryl methyl sites for hydroxylation is 1. The van der Waals surface area contributed by atoms with Gasteiger partial charge in [-0.25, -0.2) is 13.4 Å². The van der Waals surface area contributed by atoms with Crippen LogP contribution in [0.2, 0.25) is 0 Å². The number of sulfone groups is 1. The summed E-state index contributed by atoms with van der Waals surface area (Å²) >= 11 is 0. The van der Waals surface area contributed by atoms with Gasteiger partial charge in [0.25, 0.3) is 0 Å². The van der Waals surface area contributed by atoms with E-state index in [-0.39, 0.29) is 11.8 Å². The highest BCUT2D eigenvalue weighted by Crippen LogP contribution is 1.95. The average molecular weight is 245 g/mol. The number of aromatic nitrogens is 2. The number of hydrogen-bond acceptors (Lipinski definition) is 4. The predicted molar refractivity (Wildman–Crippen MR) is 64.1 cm³/mol. The van der Waals surface area contributed by atoms with E-state index in [1.807, 2.05) is 6.92 Å². The fourth-order valence-corrected chi connectivity index (χ4v) is 2.58. The molecule has 0 aliphatic heterocycles. The third-order valence-corrected chi connectivity index (χ3v) is 3.30. The van der Waals surface area contributed by atoms with Crippen molar-refractivity contribution in [2.45, 2.75) is 25.8 Å². The van der Waals surface area contributed by atoms with E-state index in [2.05, 4.69) is 15.3 Å². The second-order valence-corrected chi connectivity index (χ2v) is 6.27. The van der Waals surface area contributed by atoms with Crippen LogP contribution in [0.1, 0.15) is 19.2 Å². The number of hydrogen-bond donors (Lipinski definition) is 2. The Bertz CT molecular complexity index is 386. The lowest BCUT2D eigenvalue weighted by Crippen LogP contribution is -2.33. The van der Waals surface area contributed by atoms with E-state index in [0.29, 0.717) is 0 Å². The highest BCUT2D eigenvalue weighted by atomic mass is 32.2. The van der Waals surface area contributed by atoms with Crippen molar-refractivity contribution in [2.75, 3.05) is 18.6 Å². The van der Waals surface area contributed by atoms with Crippen molar-refractivity contribution >= 4 is 9.84 Å². The molecule has 0 fully saturated rings. The van der Waals surface area contributed by atoms with Crippen LogP contribution < -0.4 is 5.32 Å². The van der Waals surface area contributed by atoms with Crippen molar-refractivity contribution in [3.8, 4) is 0 Å². The summed E-state index contributed by atoms with van der Waals surface area (Å²) < 4.78 is 22.0. The Balaban J connectivity index is 2.11. The maximum Gasteiger partial charge on any atom is 0.148 e. The average Bonchev–Trinajstić information content (AvgIpc) is 2.62. The zero-order valence-electron chi connectivity index (χ0n) is 9.73. The topological polar surface area (TPSA) is 74.8 Å². The molecule has 0 spiro atoms. The van der Waals surface area contributed by atoms with Gasteiger partial charge in [0.1, 0.15) is 15.7 Å². The normalized spacial score (nSPS) is 13.9. The van der Waals surface area contributed by atoms with Crippen LogP contribution >= 0.6 is 0 Å². The van der Waals surface area contributed by atoms with Crippen LogP contribution in [0, 0.1) is 0 Å². The van der Waals surface area contributed by atoms with Gasteiger partial charge in [-0.2, -0.15) is 0 Å². The number of aromatic amines is 1. The monoisotopic (exact) mass is 245 g/mol. The third-order valence-electron chi connectivity index (χ3n) is 2.19. The van der Waals surface area contributed by atoms with E-state index in [4.69, 9.17) is 0 Å². The van der Waals surface area contributed by atoms with Crippen LogP contribution in [0.4, 0.5) is 0 Å². The minimum absolute atomic E-state index is 0.00611. The molecule has 0 radical (unpaired) electrons. The largest absolute Gasteiger partial charge is 0.349 e. The molecule has 1 heterocycles. The van der Waals surface area contributed by atoms with Crippen LogP contribution in [0.5, 0.6) is 0 Å². The number of nitrogens with one attached hydrogen (secondary N) is 2. The molecule has 0 saturated heterocycles. The van der Waals surface area contributed by atoms with Crippen molar-refractivity contribution in [1.29, 1.82) is 0 Å². The molecule has 1 rings (SSSR count). The van der Waals surface area contributed by atoms with Crippen LogP contribution in [-0.4, -0.2) is 43.0 Å². The van der Waals surface area contributed by atoms with E-state index >= 15 is 0 Å². The lowest BCUT2D eigenvalue weighted by Gasteiger charge is -2.11. The minimum atomic E-state index is -2.88. The Morgan fingerprint density at radius 1 is 1.56 bits per heavy atom. The number of imidazole rings is 1. The molecule has 16 heavy (non-hydrogen) atoms. The molecule has 0 amide bonds. The summed E-state index contributed by atoms with van der Waals surface area (Å²) in [5, 5.41) is 3.18. The summed E-state index contributed by atoms with van der Waals surface area (Å²) in [6.07, 6.45) is 6.62. The van der Waals surface area contributed by atoms with Gasteiger partial charge in [-0.05, 0) is 19.9 Å². The highest BCUT2D eigenvalue weighted by molar-refractivity contribution is 7.90. The summed E-state index contributed by atoms with van der Waals surface area (Å²) in [5.41, 5.74) is 0. The van der Waals surface area contributed by atoms with Crippen molar-refractivity contribution in [2.24, 2.45) is 0 Å². The molecule has 2 N–H and O–H groups in total. The molecule has 92 valence electrons. The first-order valence-corrected chi connectivity index (χ1v) is 7.43. The van der Waals surface area contributed by atoms with Gasteiger partial charge in [0.2, 0.25) is 0 Å². The van der Waals surface area contributed by atoms with Crippen LogP contribution in [0.25, 0.3) is 0 Å². The Morgan fingerprint density at radius 3 is 2.88 bits per heavy atom. The van der Waals surface area contributed by atoms with E-state index in [1.165, 1.54) is 6.26 Å². The summed E-state index contributed by atoms with van der Waals surface area (Å²) in [6.45, 7) is 2.69. The molecule has 0 bridgehead atoms. The molecule has 6 heteroatoms. The fraction of sp³-hybridized carbons (Fsp3) is 0.700. The van der Waals surface area contributed by atoms with Gasteiger partial charge in [-0.3, -0.25) is 0 Å². The molecule has 1 aromatic heterocycles. The molecule has 0 aliphatic carbocycles. The molecule has 1 aromatic rings. The van der Waals surface area contributed by atoms with Gasteiger partial charge >= 0.3 is 0 Å². The van der Waals surface area contributed by atoms with Gasteiger partial charge in [-0.15, -0.1) is 0 Å². The Kier molecular flexibility index (Phi) is 4.95. The maximum atomic E-state index is 11.0. The quantitative estimate of drug-likeness (QED) is 0.680. The zero-order valence-corrected chi connectivity index (χ0v) is 10.5. The summed E-state index contributed by atoms with van der Waals surface area (Å²) in [6, 6.07) is 0.00611. The lowest BCUT2D eigenvalue weighted by molar-refractivity contribution is 0.549. The number of rotatable bonds is 7. The first-order chi connectivity index (χ1) is 7.47. The van der Waals surface area contributed by atoms with Crippen molar-refractivity contribution in [3.05, 3.63) is 18.2 Å². The number of H-pyrrole nitrogens is 1. The Labute approximate surface area is 96.6 Å². The second-order valence-electron chi connectivity index (χ2n) is 4.09. The molecule has 0 saturated carbocycles. The summed E-state index contributed by atoms with van der Waals surface area (Å²) in [5.74, 6) is 1.16. The van der Waals surface area contributed by atoms with Crippen LogP contribution in [-0.2, 0) is 16.3 Å². The Morgan fingerprint density at radius 2 is 2.31 bits per heavy atom. The lowest BCUT2D eigenvalue weighted by atomic mass is 10.3.